The lowest BCUT2D eigenvalue weighted by Crippen LogP contribution is -2.14. The van der Waals surface area contributed by atoms with Crippen LogP contribution in [0.4, 0.5) is 0 Å². The topological polar surface area (TPSA) is 0 Å². The summed E-state index contributed by atoms with van der Waals surface area (Å²) in [5.41, 5.74) is 0. The monoisotopic (exact) mass is 260 g/mol. The summed E-state index contributed by atoms with van der Waals surface area (Å²) in [4.78, 5) is 0. The van der Waals surface area contributed by atoms with Gasteiger partial charge in [-0.05, 0) is 37.5 Å². The quantitative estimate of drug-likeness (QED) is 0.305. The third-order valence-corrected chi connectivity index (χ3v) is 3.64. The van der Waals surface area contributed by atoms with Crippen LogP contribution in [0.3, 0.4) is 0 Å². The predicted octanol–water partition coefficient (Wildman–Crippen LogP) is 5.18. The van der Waals surface area contributed by atoms with Crippen LogP contribution in [0.15, 0.2) is 12.7 Å². The maximum Gasteiger partial charge on any atom is 0.00340 e. The van der Waals surface area contributed by atoms with E-state index in [0.717, 1.165) is 17.2 Å². The summed E-state index contributed by atoms with van der Waals surface area (Å²) in [6, 6.07) is 0. The molecule has 2 unspecified atom stereocenters. The summed E-state index contributed by atoms with van der Waals surface area (Å²) >= 11 is 3.55. The first-order valence-corrected chi connectivity index (χ1v) is 7.09. The largest absolute Gasteiger partial charge is 0.103 e. The summed E-state index contributed by atoms with van der Waals surface area (Å²) in [6.45, 7) is 8.43. The molecule has 14 heavy (non-hydrogen) atoms. The van der Waals surface area contributed by atoms with Crippen LogP contribution in [-0.4, -0.2) is 5.33 Å². The fourth-order valence-corrected chi connectivity index (χ4v) is 2.80. The van der Waals surface area contributed by atoms with Gasteiger partial charge in [-0.3, -0.25) is 0 Å². The number of hydrogen-bond acceptors (Lipinski definition) is 0. The zero-order chi connectivity index (χ0) is 10.8. The van der Waals surface area contributed by atoms with Crippen molar-refractivity contribution in [1.82, 2.24) is 0 Å². The number of rotatable bonds is 9. The van der Waals surface area contributed by atoms with Crippen LogP contribution in [0.5, 0.6) is 0 Å². The normalized spacial score (nSPS) is 15.1. The average Bonchev–Trinajstić information content (AvgIpc) is 2.22. The van der Waals surface area contributed by atoms with Gasteiger partial charge < -0.3 is 0 Å². The minimum atomic E-state index is 0.921. The van der Waals surface area contributed by atoms with Gasteiger partial charge in [0.15, 0.2) is 0 Å². The summed E-state index contributed by atoms with van der Waals surface area (Å²) < 4.78 is 0. The first kappa shape index (κ1) is 14.2. The molecule has 2 atom stereocenters. The highest BCUT2D eigenvalue weighted by Gasteiger charge is 2.16. The summed E-state index contributed by atoms with van der Waals surface area (Å²) in [6.07, 6.45) is 9.93. The van der Waals surface area contributed by atoms with Crippen molar-refractivity contribution in [2.45, 2.75) is 52.4 Å². The lowest BCUT2D eigenvalue weighted by atomic mass is 9.82. The second-order valence-electron chi connectivity index (χ2n) is 4.03. The van der Waals surface area contributed by atoms with E-state index in [0.29, 0.717) is 0 Å². The highest BCUT2D eigenvalue weighted by molar-refractivity contribution is 9.09. The third kappa shape index (κ3) is 5.85. The Morgan fingerprint density at radius 1 is 1.14 bits per heavy atom. The van der Waals surface area contributed by atoms with Crippen LogP contribution in [0, 0.1) is 11.8 Å². The molecule has 0 nitrogen and oxygen atoms in total. The van der Waals surface area contributed by atoms with Crippen molar-refractivity contribution in [3.63, 3.8) is 0 Å². The molecule has 0 radical (unpaired) electrons. The Bertz CT molecular complexity index is 131. The zero-order valence-electron chi connectivity index (χ0n) is 9.77. The van der Waals surface area contributed by atoms with Gasteiger partial charge in [0.25, 0.3) is 0 Å². The van der Waals surface area contributed by atoms with Gasteiger partial charge >= 0.3 is 0 Å². The SMILES string of the molecule is C=CCCCC(CC)C(CC)CCBr. The maximum absolute atomic E-state index is 3.78. The zero-order valence-corrected chi connectivity index (χ0v) is 11.4. The van der Waals surface area contributed by atoms with E-state index in [4.69, 9.17) is 0 Å². The van der Waals surface area contributed by atoms with E-state index in [-0.39, 0.29) is 0 Å². The highest BCUT2D eigenvalue weighted by atomic mass is 79.9. The summed E-state index contributed by atoms with van der Waals surface area (Å²) in [5.74, 6) is 1.85. The van der Waals surface area contributed by atoms with Crippen LogP contribution in [0.2, 0.25) is 0 Å². The van der Waals surface area contributed by atoms with Crippen molar-refractivity contribution in [3.05, 3.63) is 12.7 Å². The Morgan fingerprint density at radius 2 is 1.71 bits per heavy atom. The first-order valence-electron chi connectivity index (χ1n) is 5.96. The van der Waals surface area contributed by atoms with E-state index in [1.807, 2.05) is 6.08 Å². The predicted molar refractivity (Wildman–Crippen MR) is 70.0 cm³/mol. The van der Waals surface area contributed by atoms with Crippen molar-refractivity contribution < 1.29 is 0 Å². The van der Waals surface area contributed by atoms with Gasteiger partial charge in [-0.2, -0.15) is 0 Å². The molecule has 0 aliphatic rings. The molecule has 0 N–H and O–H groups in total. The molecule has 0 rings (SSSR count). The molecule has 0 spiro atoms. The molecule has 0 aliphatic heterocycles. The van der Waals surface area contributed by atoms with Gasteiger partial charge in [-0.1, -0.05) is 48.7 Å². The summed E-state index contributed by atoms with van der Waals surface area (Å²) in [7, 11) is 0. The van der Waals surface area contributed by atoms with E-state index in [1.165, 1.54) is 38.5 Å². The van der Waals surface area contributed by atoms with Gasteiger partial charge in [0, 0.05) is 5.33 Å². The number of hydrogen-bond donors (Lipinski definition) is 0. The standard InChI is InChI=1S/C13H25Br/c1-4-7-8-9-12(5-2)13(6-3)10-11-14/h4,12-13H,1,5-11H2,2-3H3. The van der Waals surface area contributed by atoms with Gasteiger partial charge in [-0.25, -0.2) is 0 Å². The first-order chi connectivity index (χ1) is 6.79. The minimum absolute atomic E-state index is 0.921. The Hall–Kier alpha value is 0.220. The Balaban J connectivity index is 3.87. The second kappa shape index (κ2) is 9.76. The van der Waals surface area contributed by atoms with Crippen LogP contribution >= 0.6 is 15.9 Å². The molecule has 0 heterocycles. The molecule has 0 aliphatic carbocycles. The van der Waals surface area contributed by atoms with E-state index < -0.39 is 0 Å². The molecule has 0 fully saturated rings. The van der Waals surface area contributed by atoms with Gasteiger partial charge in [0.1, 0.15) is 0 Å². The molecule has 0 amide bonds. The molecule has 0 aromatic rings. The van der Waals surface area contributed by atoms with Crippen LogP contribution in [0.1, 0.15) is 52.4 Å². The van der Waals surface area contributed by atoms with Gasteiger partial charge in [-0.15, -0.1) is 6.58 Å². The minimum Gasteiger partial charge on any atom is -0.103 e. The van der Waals surface area contributed by atoms with E-state index in [9.17, 15) is 0 Å². The van der Waals surface area contributed by atoms with Crippen molar-refractivity contribution in [2.24, 2.45) is 11.8 Å². The Morgan fingerprint density at radius 3 is 2.14 bits per heavy atom. The lowest BCUT2D eigenvalue weighted by molar-refractivity contribution is 0.284. The fraction of sp³-hybridized carbons (Fsp3) is 0.846. The second-order valence-corrected chi connectivity index (χ2v) is 4.83. The van der Waals surface area contributed by atoms with E-state index in [2.05, 4.69) is 36.4 Å². The molecule has 84 valence electrons. The molecular weight excluding hydrogens is 236 g/mol. The van der Waals surface area contributed by atoms with Crippen LogP contribution in [-0.2, 0) is 0 Å². The van der Waals surface area contributed by atoms with Gasteiger partial charge in [0.05, 0.1) is 0 Å². The van der Waals surface area contributed by atoms with Gasteiger partial charge in [0.2, 0.25) is 0 Å². The molecule has 1 heteroatoms. The van der Waals surface area contributed by atoms with Crippen LogP contribution in [0.25, 0.3) is 0 Å². The van der Waals surface area contributed by atoms with Crippen molar-refractivity contribution in [1.29, 1.82) is 0 Å². The Labute approximate surface area is 98.3 Å². The number of halogens is 1. The number of allylic oxidation sites excluding steroid dienone is 1. The summed E-state index contributed by atoms with van der Waals surface area (Å²) in [5, 5.41) is 1.16. The van der Waals surface area contributed by atoms with Crippen molar-refractivity contribution in [3.8, 4) is 0 Å². The third-order valence-electron chi connectivity index (χ3n) is 3.18. The molecule has 0 aromatic carbocycles. The van der Waals surface area contributed by atoms with E-state index in [1.54, 1.807) is 0 Å². The van der Waals surface area contributed by atoms with E-state index >= 15 is 0 Å². The van der Waals surface area contributed by atoms with Crippen molar-refractivity contribution >= 4 is 15.9 Å². The molecule has 0 saturated heterocycles. The molecule has 0 aromatic heterocycles. The molecular formula is C13H25Br. The molecule has 0 saturated carbocycles. The highest BCUT2D eigenvalue weighted by Crippen LogP contribution is 2.28. The van der Waals surface area contributed by atoms with Crippen molar-refractivity contribution in [2.75, 3.05) is 5.33 Å². The fourth-order valence-electron chi connectivity index (χ4n) is 2.21. The Kier molecular flexibility index (Phi) is 9.92. The maximum atomic E-state index is 3.78. The average molecular weight is 261 g/mol. The smallest absolute Gasteiger partial charge is 0.00340 e. The number of unbranched alkanes of at least 4 members (excludes halogenated alkanes) is 1. The van der Waals surface area contributed by atoms with Crippen LogP contribution < -0.4 is 0 Å². The number of alkyl halides is 1. The molecule has 0 bridgehead atoms. The lowest BCUT2D eigenvalue weighted by Gasteiger charge is -2.24.